The fourth-order valence-electron chi connectivity index (χ4n) is 1.90. The zero-order chi connectivity index (χ0) is 13.8. The van der Waals surface area contributed by atoms with Crippen LogP contribution in [-0.2, 0) is 6.54 Å². The summed E-state index contributed by atoms with van der Waals surface area (Å²) in [5, 5.41) is 8.99. The van der Waals surface area contributed by atoms with Gasteiger partial charge < -0.3 is 14.4 Å². The average molecular weight is 260 g/mol. The Balaban J connectivity index is 2.23. The molecule has 5 nitrogen and oxygen atoms in total. The summed E-state index contributed by atoms with van der Waals surface area (Å²) < 4.78 is 5.32. The molecule has 0 bridgehead atoms. The smallest absolute Gasteiger partial charge is 0.337 e. The maximum Gasteiger partial charge on any atom is 0.337 e. The zero-order valence-electron chi connectivity index (χ0n) is 11.0. The molecule has 0 saturated heterocycles. The van der Waals surface area contributed by atoms with Crippen molar-refractivity contribution in [1.29, 1.82) is 0 Å². The van der Waals surface area contributed by atoms with Crippen molar-refractivity contribution in [2.24, 2.45) is 0 Å². The number of furan rings is 1. The monoisotopic (exact) mass is 260 g/mol. The van der Waals surface area contributed by atoms with Gasteiger partial charge in [-0.15, -0.1) is 0 Å². The summed E-state index contributed by atoms with van der Waals surface area (Å²) in [6, 6.07) is 7.06. The minimum atomic E-state index is -0.953. The van der Waals surface area contributed by atoms with E-state index in [4.69, 9.17) is 9.52 Å². The number of aryl methyl sites for hydroxylation is 1. The maximum atomic E-state index is 11.0. The van der Waals surface area contributed by atoms with E-state index in [1.807, 2.05) is 24.0 Å². The maximum absolute atomic E-state index is 11.0. The lowest BCUT2D eigenvalue weighted by Crippen LogP contribution is -2.23. The van der Waals surface area contributed by atoms with Crippen LogP contribution in [0.15, 0.2) is 34.9 Å². The van der Waals surface area contributed by atoms with Gasteiger partial charge in [0.05, 0.1) is 24.1 Å². The Morgan fingerprint density at radius 2 is 2.21 bits per heavy atom. The Labute approximate surface area is 111 Å². The van der Waals surface area contributed by atoms with Crippen LogP contribution >= 0.6 is 0 Å². The predicted molar refractivity (Wildman–Crippen MR) is 71.4 cm³/mol. The van der Waals surface area contributed by atoms with E-state index in [1.54, 1.807) is 25.3 Å². The highest BCUT2D eigenvalue weighted by Gasteiger charge is 2.13. The number of carbonyl (C=O) groups is 1. The van der Waals surface area contributed by atoms with E-state index in [0.717, 1.165) is 18.1 Å². The lowest BCUT2D eigenvalue weighted by Gasteiger charge is -2.21. The third-order valence-electron chi connectivity index (χ3n) is 2.93. The summed E-state index contributed by atoms with van der Waals surface area (Å²) in [5.74, 6) is 0.649. The number of carboxylic acid groups (broad SMARTS) is 1. The van der Waals surface area contributed by atoms with Crippen molar-refractivity contribution in [3.8, 4) is 0 Å². The molecule has 2 aromatic rings. The molecule has 2 rings (SSSR count). The fraction of sp³-hybridized carbons (Fsp3) is 0.286. The first-order valence-corrected chi connectivity index (χ1v) is 6.10. The molecule has 100 valence electrons. The second-order valence-corrected chi connectivity index (χ2v) is 4.20. The Morgan fingerprint density at radius 3 is 2.74 bits per heavy atom. The van der Waals surface area contributed by atoms with Gasteiger partial charge in [-0.1, -0.05) is 0 Å². The molecule has 0 atom stereocenters. The van der Waals surface area contributed by atoms with Crippen molar-refractivity contribution < 1.29 is 14.3 Å². The van der Waals surface area contributed by atoms with Crippen molar-refractivity contribution >= 4 is 11.8 Å². The van der Waals surface area contributed by atoms with Crippen LogP contribution in [0, 0.1) is 6.92 Å². The lowest BCUT2D eigenvalue weighted by molar-refractivity contribution is 0.0695. The molecule has 0 aliphatic carbocycles. The molecule has 0 aliphatic rings. The van der Waals surface area contributed by atoms with Crippen molar-refractivity contribution in [1.82, 2.24) is 4.98 Å². The number of rotatable bonds is 5. The van der Waals surface area contributed by atoms with Crippen molar-refractivity contribution in [3.63, 3.8) is 0 Å². The first kappa shape index (κ1) is 13.1. The van der Waals surface area contributed by atoms with Gasteiger partial charge in [0.15, 0.2) is 0 Å². The van der Waals surface area contributed by atoms with E-state index < -0.39 is 5.97 Å². The Kier molecular flexibility index (Phi) is 3.85. The number of carboxylic acids is 1. The highest BCUT2D eigenvalue weighted by Crippen LogP contribution is 2.17. The second kappa shape index (κ2) is 5.56. The average Bonchev–Trinajstić information content (AvgIpc) is 2.88. The molecular weight excluding hydrogens is 244 g/mol. The number of hydrogen-bond acceptors (Lipinski definition) is 4. The third-order valence-corrected chi connectivity index (χ3v) is 2.93. The molecule has 1 N–H and O–H groups in total. The standard InChI is InChI=1S/C14H16N2O3/c1-3-16(9-11-5-4-8-19-11)13-7-6-12(14(17)18)10(2)15-13/h4-8H,3,9H2,1-2H3,(H,17,18). The summed E-state index contributed by atoms with van der Waals surface area (Å²) in [6.45, 7) is 5.10. The lowest BCUT2D eigenvalue weighted by atomic mass is 10.2. The van der Waals surface area contributed by atoms with Gasteiger partial charge in [-0.2, -0.15) is 0 Å². The minimum absolute atomic E-state index is 0.234. The van der Waals surface area contributed by atoms with Crippen LogP contribution in [0.1, 0.15) is 28.7 Å². The minimum Gasteiger partial charge on any atom is -0.478 e. The molecule has 19 heavy (non-hydrogen) atoms. The summed E-state index contributed by atoms with van der Waals surface area (Å²) in [6.07, 6.45) is 1.63. The summed E-state index contributed by atoms with van der Waals surface area (Å²) in [7, 11) is 0. The van der Waals surface area contributed by atoms with Crippen molar-refractivity contribution in [3.05, 3.63) is 47.5 Å². The first-order chi connectivity index (χ1) is 9.11. The van der Waals surface area contributed by atoms with Gasteiger partial charge in [0.2, 0.25) is 0 Å². The van der Waals surface area contributed by atoms with Crippen LogP contribution in [0.2, 0.25) is 0 Å². The van der Waals surface area contributed by atoms with Gasteiger partial charge >= 0.3 is 5.97 Å². The van der Waals surface area contributed by atoms with E-state index in [9.17, 15) is 4.79 Å². The highest BCUT2D eigenvalue weighted by molar-refractivity contribution is 5.89. The second-order valence-electron chi connectivity index (χ2n) is 4.20. The molecule has 0 unspecified atom stereocenters. The van der Waals surface area contributed by atoms with Gasteiger partial charge in [0.25, 0.3) is 0 Å². The highest BCUT2D eigenvalue weighted by atomic mass is 16.4. The summed E-state index contributed by atoms with van der Waals surface area (Å²) >= 11 is 0. The molecule has 0 aliphatic heterocycles. The Bertz CT molecular complexity index is 564. The normalized spacial score (nSPS) is 10.4. The number of aromatic carboxylic acids is 1. The SMILES string of the molecule is CCN(Cc1ccco1)c1ccc(C(=O)O)c(C)n1. The first-order valence-electron chi connectivity index (χ1n) is 6.10. The predicted octanol–water partition coefficient (Wildman–Crippen LogP) is 2.71. The molecule has 0 saturated carbocycles. The van der Waals surface area contributed by atoms with E-state index in [2.05, 4.69) is 4.98 Å². The zero-order valence-corrected chi connectivity index (χ0v) is 11.0. The molecule has 5 heteroatoms. The molecule has 0 aromatic carbocycles. The van der Waals surface area contributed by atoms with Crippen LogP contribution in [0.25, 0.3) is 0 Å². The summed E-state index contributed by atoms with van der Waals surface area (Å²) in [4.78, 5) is 17.3. The molecule has 0 fully saturated rings. The number of nitrogens with zero attached hydrogens (tertiary/aromatic N) is 2. The number of pyridine rings is 1. The third kappa shape index (κ3) is 2.93. The topological polar surface area (TPSA) is 66.6 Å². The quantitative estimate of drug-likeness (QED) is 0.895. The molecule has 0 radical (unpaired) electrons. The van der Waals surface area contributed by atoms with E-state index in [1.165, 1.54) is 0 Å². The van der Waals surface area contributed by atoms with Gasteiger partial charge in [-0.3, -0.25) is 0 Å². The van der Waals surface area contributed by atoms with Crippen LogP contribution in [0.5, 0.6) is 0 Å². The molecular formula is C14H16N2O3. The summed E-state index contributed by atoms with van der Waals surface area (Å²) in [5.41, 5.74) is 0.751. The Hall–Kier alpha value is -2.30. The number of aromatic nitrogens is 1. The molecule has 0 spiro atoms. The van der Waals surface area contributed by atoms with Crippen LogP contribution in [-0.4, -0.2) is 22.6 Å². The van der Waals surface area contributed by atoms with Crippen molar-refractivity contribution in [2.75, 3.05) is 11.4 Å². The van der Waals surface area contributed by atoms with Gasteiger partial charge in [0.1, 0.15) is 11.6 Å². The van der Waals surface area contributed by atoms with Crippen molar-refractivity contribution in [2.45, 2.75) is 20.4 Å². The van der Waals surface area contributed by atoms with Crippen LogP contribution in [0.3, 0.4) is 0 Å². The molecule has 2 heterocycles. The van der Waals surface area contributed by atoms with Gasteiger partial charge in [-0.25, -0.2) is 9.78 Å². The number of anilines is 1. The molecule has 2 aromatic heterocycles. The molecule has 0 amide bonds. The van der Waals surface area contributed by atoms with E-state index >= 15 is 0 Å². The fourth-order valence-corrected chi connectivity index (χ4v) is 1.90. The van der Waals surface area contributed by atoms with E-state index in [-0.39, 0.29) is 5.56 Å². The Morgan fingerprint density at radius 1 is 1.42 bits per heavy atom. The van der Waals surface area contributed by atoms with Crippen LogP contribution < -0.4 is 4.90 Å². The van der Waals surface area contributed by atoms with E-state index in [0.29, 0.717) is 12.2 Å². The largest absolute Gasteiger partial charge is 0.478 e. The van der Waals surface area contributed by atoms with Crippen LogP contribution in [0.4, 0.5) is 5.82 Å². The van der Waals surface area contributed by atoms with Gasteiger partial charge in [0, 0.05) is 6.54 Å². The van der Waals surface area contributed by atoms with Gasteiger partial charge in [-0.05, 0) is 38.1 Å². The number of hydrogen-bond donors (Lipinski definition) is 1.